The van der Waals surface area contributed by atoms with Gasteiger partial charge in [0.2, 0.25) is 0 Å². The van der Waals surface area contributed by atoms with E-state index in [9.17, 15) is 13.2 Å². The van der Waals surface area contributed by atoms with Gasteiger partial charge in [0.1, 0.15) is 0 Å². The van der Waals surface area contributed by atoms with Gasteiger partial charge in [-0.25, -0.2) is 4.98 Å². The number of nitrogens with one attached hydrogen (secondary N) is 1. The number of aromatic nitrogens is 1. The van der Waals surface area contributed by atoms with E-state index >= 15 is 0 Å². The molecule has 0 radical (unpaired) electrons. The van der Waals surface area contributed by atoms with Crippen LogP contribution in [0.5, 0.6) is 5.19 Å². The molecular formula is C15H22F3N3OS. The number of ether oxygens (including phenoxy) is 1. The van der Waals surface area contributed by atoms with Crippen LogP contribution >= 0.6 is 11.3 Å². The highest BCUT2D eigenvalue weighted by Gasteiger charge is 2.30. The molecule has 0 spiro atoms. The molecule has 130 valence electrons. The van der Waals surface area contributed by atoms with Crippen molar-refractivity contribution < 1.29 is 17.9 Å². The number of piperidine rings is 1. The number of alkyl halides is 3. The number of hydrogen-bond acceptors (Lipinski definition) is 5. The van der Waals surface area contributed by atoms with Crippen LogP contribution in [0.3, 0.4) is 0 Å². The van der Waals surface area contributed by atoms with Crippen molar-refractivity contribution in [2.24, 2.45) is 5.92 Å². The zero-order valence-electron chi connectivity index (χ0n) is 13.0. The lowest BCUT2D eigenvalue weighted by Crippen LogP contribution is -2.34. The first-order valence-electron chi connectivity index (χ1n) is 8.11. The number of halogens is 3. The lowest BCUT2D eigenvalue weighted by atomic mass is 9.94. The van der Waals surface area contributed by atoms with Crippen LogP contribution in [0.1, 0.15) is 29.8 Å². The average Bonchev–Trinajstić information content (AvgIpc) is 2.93. The summed E-state index contributed by atoms with van der Waals surface area (Å²) in [5.41, 5.74) is 0.892. The van der Waals surface area contributed by atoms with Crippen LogP contribution < -0.4 is 10.1 Å². The Morgan fingerprint density at radius 3 is 2.83 bits per heavy atom. The molecule has 3 heterocycles. The Labute approximate surface area is 138 Å². The van der Waals surface area contributed by atoms with E-state index < -0.39 is 12.8 Å². The van der Waals surface area contributed by atoms with Crippen LogP contribution in [0.2, 0.25) is 0 Å². The molecule has 0 saturated carbocycles. The fourth-order valence-electron chi connectivity index (χ4n) is 3.16. The zero-order chi connectivity index (χ0) is 16.3. The summed E-state index contributed by atoms with van der Waals surface area (Å²) in [5, 5.41) is 3.52. The number of rotatable bonds is 5. The molecule has 0 aromatic carbocycles. The molecule has 1 aromatic heterocycles. The maximum Gasteiger partial charge on any atom is 0.422 e. The molecule has 4 nitrogen and oxygen atoms in total. The second-order valence-corrected chi connectivity index (χ2v) is 7.31. The van der Waals surface area contributed by atoms with E-state index in [0.717, 1.165) is 55.6 Å². The van der Waals surface area contributed by atoms with E-state index in [4.69, 9.17) is 4.74 Å². The third-order valence-electron chi connectivity index (χ3n) is 4.46. The summed E-state index contributed by atoms with van der Waals surface area (Å²) in [6, 6.07) is 0. The molecule has 1 aromatic rings. The van der Waals surface area contributed by atoms with E-state index in [1.165, 1.54) is 30.6 Å². The maximum atomic E-state index is 12.2. The number of nitrogens with zero attached hydrogens (tertiary/aromatic N) is 2. The molecule has 0 unspecified atom stereocenters. The van der Waals surface area contributed by atoms with Gasteiger partial charge in [-0.15, -0.1) is 0 Å². The molecule has 23 heavy (non-hydrogen) atoms. The van der Waals surface area contributed by atoms with Crippen LogP contribution in [0.25, 0.3) is 0 Å². The van der Waals surface area contributed by atoms with Gasteiger partial charge < -0.3 is 10.1 Å². The summed E-state index contributed by atoms with van der Waals surface area (Å²) in [6.07, 6.45) is 0.219. The third kappa shape index (κ3) is 5.06. The number of thiazole rings is 1. The van der Waals surface area contributed by atoms with Crippen LogP contribution in [0.15, 0.2) is 0 Å². The smallest absolute Gasteiger partial charge is 0.422 e. The maximum absolute atomic E-state index is 12.2. The lowest BCUT2D eigenvalue weighted by Gasteiger charge is -2.29. The molecule has 1 saturated heterocycles. The Kier molecular flexibility index (Phi) is 5.43. The fourth-order valence-corrected chi connectivity index (χ4v) is 4.07. The van der Waals surface area contributed by atoms with Crippen molar-refractivity contribution in [3.8, 4) is 5.19 Å². The van der Waals surface area contributed by atoms with Gasteiger partial charge in [-0.2, -0.15) is 13.2 Å². The van der Waals surface area contributed by atoms with Crippen LogP contribution in [0.4, 0.5) is 13.2 Å². The van der Waals surface area contributed by atoms with E-state index in [-0.39, 0.29) is 5.19 Å². The summed E-state index contributed by atoms with van der Waals surface area (Å²) in [5.74, 6) is 0.791. The monoisotopic (exact) mass is 349 g/mol. The van der Waals surface area contributed by atoms with Crippen molar-refractivity contribution in [1.82, 2.24) is 15.2 Å². The highest BCUT2D eigenvalue weighted by molar-refractivity contribution is 7.13. The first-order chi connectivity index (χ1) is 11.0. The molecule has 1 N–H and O–H groups in total. The number of fused-ring (bicyclic) bond motifs is 1. The van der Waals surface area contributed by atoms with E-state index in [0.29, 0.717) is 0 Å². The van der Waals surface area contributed by atoms with Crippen molar-refractivity contribution in [2.75, 3.05) is 32.8 Å². The van der Waals surface area contributed by atoms with Gasteiger partial charge in [0.25, 0.3) is 5.19 Å². The van der Waals surface area contributed by atoms with Gasteiger partial charge >= 0.3 is 6.18 Å². The Balaban J connectivity index is 1.48. The second-order valence-electron chi connectivity index (χ2n) is 6.26. The van der Waals surface area contributed by atoms with Crippen molar-refractivity contribution in [1.29, 1.82) is 0 Å². The Morgan fingerprint density at radius 2 is 2.09 bits per heavy atom. The molecular weight excluding hydrogens is 327 g/mol. The Bertz CT molecular complexity index is 515. The van der Waals surface area contributed by atoms with Crippen LogP contribution in [-0.2, 0) is 13.0 Å². The lowest BCUT2D eigenvalue weighted by molar-refractivity contribution is -0.153. The van der Waals surface area contributed by atoms with Gasteiger partial charge in [0, 0.05) is 18.0 Å². The fraction of sp³-hybridized carbons (Fsp3) is 0.800. The Morgan fingerprint density at radius 1 is 1.30 bits per heavy atom. The quantitative estimate of drug-likeness (QED) is 0.887. The summed E-state index contributed by atoms with van der Waals surface area (Å²) in [4.78, 5) is 7.67. The summed E-state index contributed by atoms with van der Waals surface area (Å²) < 4.78 is 41.4. The van der Waals surface area contributed by atoms with Crippen LogP contribution in [-0.4, -0.2) is 48.8 Å². The SMILES string of the molecule is FC(F)(F)COc1nc2c(s1)CCN(CCC1CCNCC1)C2. The largest absolute Gasteiger partial charge is 0.460 e. The second kappa shape index (κ2) is 7.36. The molecule has 8 heteroatoms. The minimum absolute atomic E-state index is 0.146. The van der Waals surface area contributed by atoms with Crippen molar-refractivity contribution >= 4 is 11.3 Å². The topological polar surface area (TPSA) is 37.4 Å². The molecule has 0 bridgehead atoms. The van der Waals surface area contributed by atoms with E-state index in [2.05, 4.69) is 15.2 Å². The van der Waals surface area contributed by atoms with E-state index in [1.807, 2.05) is 0 Å². The first kappa shape index (κ1) is 17.0. The molecule has 2 aliphatic heterocycles. The normalized spacial score (nSPS) is 20.5. The van der Waals surface area contributed by atoms with E-state index in [1.54, 1.807) is 0 Å². The molecule has 3 rings (SSSR count). The minimum Gasteiger partial charge on any atom is -0.460 e. The van der Waals surface area contributed by atoms with Crippen LogP contribution in [0, 0.1) is 5.92 Å². The van der Waals surface area contributed by atoms with Gasteiger partial charge in [-0.1, -0.05) is 11.3 Å². The zero-order valence-corrected chi connectivity index (χ0v) is 13.8. The predicted molar refractivity (Wildman–Crippen MR) is 82.9 cm³/mol. The minimum atomic E-state index is -4.31. The number of hydrogen-bond donors (Lipinski definition) is 1. The molecule has 2 aliphatic rings. The van der Waals surface area contributed by atoms with Crippen molar-refractivity contribution in [3.05, 3.63) is 10.6 Å². The molecule has 1 fully saturated rings. The highest BCUT2D eigenvalue weighted by atomic mass is 32.1. The standard InChI is InChI=1S/C15H22F3N3OS/c16-15(17,18)10-22-14-20-12-9-21(8-4-13(12)23-14)7-3-11-1-5-19-6-2-11/h11,19H,1-10H2. The van der Waals surface area contributed by atoms with Gasteiger partial charge in [0.05, 0.1) is 5.69 Å². The summed E-state index contributed by atoms with van der Waals surface area (Å²) in [6.45, 7) is 3.69. The highest BCUT2D eigenvalue weighted by Crippen LogP contribution is 2.31. The average molecular weight is 349 g/mol. The van der Waals surface area contributed by atoms with Gasteiger partial charge in [-0.05, 0) is 51.2 Å². The van der Waals surface area contributed by atoms with Gasteiger partial charge in [0.15, 0.2) is 6.61 Å². The molecule has 0 aliphatic carbocycles. The summed E-state index contributed by atoms with van der Waals surface area (Å²) in [7, 11) is 0. The third-order valence-corrected chi connectivity index (χ3v) is 5.53. The van der Waals surface area contributed by atoms with Gasteiger partial charge in [-0.3, -0.25) is 4.90 Å². The van der Waals surface area contributed by atoms with Crippen molar-refractivity contribution in [3.63, 3.8) is 0 Å². The molecule has 0 amide bonds. The molecule has 0 atom stereocenters. The Hall–Kier alpha value is -0.860. The first-order valence-corrected chi connectivity index (χ1v) is 8.92. The van der Waals surface area contributed by atoms with Crippen molar-refractivity contribution in [2.45, 2.75) is 38.4 Å². The summed E-state index contributed by atoms with van der Waals surface area (Å²) >= 11 is 1.26. The predicted octanol–water partition coefficient (Wildman–Crippen LogP) is 2.83.